The minimum atomic E-state index is -0.409. The molecule has 1 aromatic carbocycles. The van der Waals surface area contributed by atoms with E-state index in [-0.39, 0.29) is 24.6 Å². The molecule has 3 amide bonds. The van der Waals surface area contributed by atoms with Gasteiger partial charge in [-0.05, 0) is 37.6 Å². The first-order chi connectivity index (χ1) is 11.5. The van der Waals surface area contributed by atoms with Crippen molar-refractivity contribution in [2.45, 2.75) is 20.3 Å². The molecule has 1 heterocycles. The molecule has 0 fully saturated rings. The Morgan fingerprint density at radius 3 is 2.50 bits per heavy atom. The molecule has 0 saturated heterocycles. The van der Waals surface area contributed by atoms with E-state index in [1.165, 1.54) is 12.3 Å². The standard InChI is InChI=1S/C17H19N3O4/c1-11-5-6-13(12(2)10-11)16(22)20-19-15(21)7-8-18-17(23)14-4-3-9-24-14/h3-6,9-10H,7-8H2,1-2H3,(H,18,23)(H,19,21)(H,20,22). The molecule has 0 saturated carbocycles. The average molecular weight is 329 g/mol. The Bertz CT molecular complexity index is 738. The number of carbonyl (C=O) groups excluding carboxylic acids is 3. The predicted molar refractivity (Wildman–Crippen MR) is 87.2 cm³/mol. The second-order valence-corrected chi connectivity index (χ2v) is 5.30. The van der Waals surface area contributed by atoms with Gasteiger partial charge < -0.3 is 9.73 Å². The normalized spacial score (nSPS) is 10.1. The Hall–Kier alpha value is -3.09. The van der Waals surface area contributed by atoms with Crippen LogP contribution in [0.5, 0.6) is 0 Å². The first kappa shape index (κ1) is 17.3. The van der Waals surface area contributed by atoms with E-state index in [1.807, 2.05) is 26.0 Å². The Morgan fingerprint density at radius 2 is 1.83 bits per heavy atom. The fourth-order valence-electron chi connectivity index (χ4n) is 2.11. The number of amides is 3. The maximum atomic E-state index is 12.0. The first-order valence-corrected chi connectivity index (χ1v) is 7.45. The third-order valence-corrected chi connectivity index (χ3v) is 3.32. The minimum Gasteiger partial charge on any atom is -0.459 e. The molecule has 126 valence electrons. The zero-order chi connectivity index (χ0) is 17.5. The van der Waals surface area contributed by atoms with Crippen LogP contribution in [0.25, 0.3) is 0 Å². The predicted octanol–water partition coefficient (Wildman–Crippen LogP) is 1.48. The van der Waals surface area contributed by atoms with E-state index in [0.717, 1.165) is 11.1 Å². The van der Waals surface area contributed by atoms with Crippen molar-refractivity contribution >= 4 is 17.7 Å². The monoisotopic (exact) mass is 329 g/mol. The second kappa shape index (κ2) is 7.96. The van der Waals surface area contributed by atoms with Gasteiger partial charge in [0.25, 0.3) is 11.8 Å². The Kier molecular flexibility index (Phi) is 5.73. The first-order valence-electron chi connectivity index (χ1n) is 7.45. The maximum Gasteiger partial charge on any atom is 0.286 e. The van der Waals surface area contributed by atoms with Crippen LogP contribution in [0.1, 0.15) is 38.5 Å². The van der Waals surface area contributed by atoms with Gasteiger partial charge in [-0.2, -0.15) is 0 Å². The Morgan fingerprint density at radius 1 is 1.04 bits per heavy atom. The van der Waals surface area contributed by atoms with Crippen molar-refractivity contribution < 1.29 is 18.8 Å². The lowest BCUT2D eigenvalue weighted by atomic mass is 10.1. The van der Waals surface area contributed by atoms with Gasteiger partial charge in [0.05, 0.1) is 6.26 Å². The number of rotatable bonds is 5. The Labute approximate surface area is 139 Å². The molecule has 0 atom stereocenters. The van der Waals surface area contributed by atoms with Gasteiger partial charge in [0.15, 0.2) is 5.76 Å². The quantitative estimate of drug-likeness (QED) is 0.723. The number of hydrogen-bond acceptors (Lipinski definition) is 4. The van der Waals surface area contributed by atoms with E-state index < -0.39 is 11.8 Å². The smallest absolute Gasteiger partial charge is 0.286 e. The van der Waals surface area contributed by atoms with Crippen molar-refractivity contribution in [3.05, 3.63) is 59.0 Å². The van der Waals surface area contributed by atoms with Gasteiger partial charge >= 0.3 is 0 Å². The minimum absolute atomic E-state index is 0.0274. The summed E-state index contributed by atoms with van der Waals surface area (Å²) >= 11 is 0. The number of carbonyl (C=O) groups is 3. The summed E-state index contributed by atoms with van der Waals surface area (Å²) in [4.78, 5) is 35.3. The van der Waals surface area contributed by atoms with E-state index in [4.69, 9.17) is 4.42 Å². The van der Waals surface area contributed by atoms with Crippen LogP contribution in [-0.4, -0.2) is 24.3 Å². The summed E-state index contributed by atoms with van der Waals surface area (Å²) < 4.78 is 4.93. The highest BCUT2D eigenvalue weighted by atomic mass is 16.3. The highest BCUT2D eigenvalue weighted by Gasteiger charge is 2.11. The number of furan rings is 1. The van der Waals surface area contributed by atoms with E-state index >= 15 is 0 Å². The summed E-state index contributed by atoms with van der Waals surface area (Å²) in [7, 11) is 0. The number of hydrazine groups is 1. The molecule has 0 radical (unpaired) electrons. The maximum absolute atomic E-state index is 12.0. The summed E-state index contributed by atoms with van der Waals surface area (Å²) in [6.45, 7) is 3.90. The SMILES string of the molecule is Cc1ccc(C(=O)NNC(=O)CCNC(=O)c2ccco2)c(C)c1. The highest BCUT2D eigenvalue weighted by Crippen LogP contribution is 2.09. The van der Waals surface area contributed by atoms with E-state index in [2.05, 4.69) is 16.2 Å². The van der Waals surface area contributed by atoms with Crippen molar-refractivity contribution in [2.24, 2.45) is 0 Å². The lowest BCUT2D eigenvalue weighted by molar-refractivity contribution is -0.121. The van der Waals surface area contributed by atoms with Gasteiger partial charge in [-0.15, -0.1) is 0 Å². The molecular formula is C17H19N3O4. The van der Waals surface area contributed by atoms with Crippen molar-refractivity contribution in [1.29, 1.82) is 0 Å². The third kappa shape index (κ3) is 4.70. The zero-order valence-corrected chi connectivity index (χ0v) is 13.5. The van der Waals surface area contributed by atoms with Crippen molar-refractivity contribution in [3.8, 4) is 0 Å². The van der Waals surface area contributed by atoms with Crippen LogP contribution in [0.3, 0.4) is 0 Å². The lowest BCUT2D eigenvalue weighted by Gasteiger charge is -2.10. The molecule has 7 nitrogen and oxygen atoms in total. The van der Waals surface area contributed by atoms with Crippen molar-refractivity contribution in [3.63, 3.8) is 0 Å². The molecule has 0 aliphatic rings. The molecule has 0 spiro atoms. The van der Waals surface area contributed by atoms with E-state index in [9.17, 15) is 14.4 Å². The summed E-state index contributed by atoms with van der Waals surface area (Å²) in [5, 5.41) is 2.54. The van der Waals surface area contributed by atoms with Crippen LogP contribution < -0.4 is 16.2 Å². The van der Waals surface area contributed by atoms with Crippen molar-refractivity contribution in [1.82, 2.24) is 16.2 Å². The van der Waals surface area contributed by atoms with Gasteiger partial charge in [0, 0.05) is 18.5 Å². The summed E-state index contributed by atoms with van der Waals surface area (Å²) in [5.41, 5.74) is 7.05. The van der Waals surface area contributed by atoms with E-state index in [1.54, 1.807) is 12.1 Å². The molecule has 7 heteroatoms. The summed E-state index contributed by atoms with van der Waals surface area (Å²) in [5.74, 6) is -1.01. The van der Waals surface area contributed by atoms with Crippen LogP contribution in [0.2, 0.25) is 0 Å². The molecule has 2 rings (SSSR count). The van der Waals surface area contributed by atoms with Gasteiger partial charge in [0.1, 0.15) is 0 Å². The molecule has 2 aromatic rings. The molecule has 24 heavy (non-hydrogen) atoms. The van der Waals surface area contributed by atoms with Gasteiger partial charge in [-0.3, -0.25) is 25.2 Å². The molecule has 1 aromatic heterocycles. The molecular weight excluding hydrogens is 310 g/mol. The number of nitrogens with one attached hydrogen (secondary N) is 3. The fraction of sp³-hybridized carbons (Fsp3) is 0.235. The molecule has 0 aliphatic heterocycles. The van der Waals surface area contributed by atoms with Crippen molar-refractivity contribution in [2.75, 3.05) is 6.54 Å². The molecule has 0 aliphatic carbocycles. The number of hydrogen-bond donors (Lipinski definition) is 3. The topological polar surface area (TPSA) is 100 Å². The van der Waals surface area contributed by atoms with Crippen LogP contribution in [-0.2, 0) is 4.79 Å². The van der Waals surface area contributed by atoms with Crippen LogP contribution >= 0.6 is 0 Å². The van der Waals surface area contributed by atoms with Gasteiger partial charge in [0.2, 0.25) is 5.91 Å². The largest absolute Gasteiger partial charge is 0.459 e. The fourth-order valence-corrected chi connectivity index (χ4v) is 2.11. The summed E-state index contributed by atoms with van der Waals surface area (Å²) in [6, 6.07) is 8.55. The summed E-state index contributed by atoms with van der Waals surface area (Å²) in [6.07, 6.45) is 1.42. The van der Waals surface area contributed by atoms with Crippen LogP contribution in [0, 0.1) is 13.8 Å². The molecule has 3 N–H and O–H groups in total. The number of benzene rings is 1. The van der Waals surface area contributed by atoms with Crippen LogP contribution in [0.15, 0.2) is 41.0 Å². The van der Waals surface area contributed by atoms with Crippen LogP contribution in [0.4, 0.5) is 0 Å². The Balaban J connectivity index is 1.73. The van der Waals surface area contributed by atoms with Gasteiger partial charge in [-0.25, -0.2) is 0 Å². The molecule has 0 unspecified atom stereocenters. The highest BCUT2D eigenvalue weighted by molar-refractivity contribution is 5.96. The second-order valence-electron chi connectivity index (χ2n) is 5.30. The lowest BCUT2D eigenvalue weighted by Crippen LogP contribution is -2.43. The zero-order valence-electron chi connectivity index (χ0n) is 13.5. The van der Waals surface area contributed by atoms with Gasteiger partial charge in [-0.1, -0.05) is 17.7 Å². The molecule has 0 bridgehead atoms. The number of aryl methyl sites for hydroxylation is 2. The third-order valence-electron chi connectivity index (χ3n) is 3.32. The average Bonchev–Trinajstić information content (AvgIpc) is 3.07. The van der Waals surface area contributed by atoms with E-state index in [0.29, 0.717) is 5.56 Å².